The minimum Gasteiger partial charge on any atom is -0.459 e. The van der Waals surface area contributed by atoms with Gasteiger partial charge in [0.1, 0.15) is 6.10 Å². The summed E-state index contributed by atoms with van der Waals surface area (Å²) in [5, 5.41) is 0.717. The van der Waals surface area contributed by atoms with E-state index in [0.717, 1.165) is 5.03 Å². The number of piperidine rings is 1. The number of aromatic nitrogens is 1. The molecule has 2 heterocycles. The number of likely N-dealkylation sites (tertiary alicyclic amines) is 1. The molecule has 1 saturated heterocycles. The molecule has 0 atom stereocenters. The Balaban J connectivity index is 1.84. The fourth-order valence-corrected chi connectivity index (χ4v) is 2.72. The second-order valence-corrected chi connectivity index (χ2v) is 5.91. The molecule has 8 heteroatoms. The predicted octanol–water partition coefficient (Wildman–Crippen LogP) is 2.99. The number of thioether (sulfide) groups is 1. The standard InChI is InChI=1S/C14H17F3N2O2S/c1-22-12-8-10(2-5-18-12)13(20)21-11-3-6-19(7-4-11)9-14(15,16)17/h2,5,8,11H,3-4,6-7,9H2,1H3. The van der Waals surface area contributed by atoms with Crippen LogP contribution in [-0.4, -0.2) is 54.0 Å². The zero-order chi connectivity index (χ0) is 16.2. The van der Waals surface area contributed by atoms with Gasteiger partial charge in [-0.25, -0.2) is 9.78 Å². The highest BCUT2D eigenvalue weighted by Crippen LogP contribution is 2.22. The Hall–Kier alpha value is -1.28. The van der Waals surface area contributed by atoms with Gasteiger partial charge in [-0.3, -0.25) is 4.90 Å². The summed E-state index contributed by atoms with van der Waals surface area (Å²) in [4.78, 5) is 17.4. The van der Waals surface area contributed by atoms with Crippen molar-refractivity contribution in [2.24, 2.45) is 0 Å². The number of alkyl halides is 3. The van der Waals surface area contributed by atoms with Crippen LogP contribution in [0.5, 0.6) is 0 Å². The largest absolute Gasteiger partial charge is 0.459 e. The summed E-state index contributed by atoms with van der Waals surface area (Å²) in [5.41, 5.74) is 0.414. The first-order valence-electron chi connectivity index (χ1n) is 6.87. The van der Waals surface area contributed by atoms with Crippen molar-refractivity contribution < 1.29 is 22.7 Å². The highest BCUT2D eigenvalue weighted by molar-refractivity contribution is 7.98. The highest BCUT2D eigenvalue weighted by Gasteiger charge is 2.33. The smallest absolute Gasteiger partial charge is 0.401 e. The molecule has 0 N–H and O–H groups in total. The Morgan fingerprint density at radius 2 is 2.14 bits per heavy atom. The zero-order valence-electron chi connectivity index (χ0n) is 12.1. The number of rotatable bonds is 4. The van der Waals surface area contributed by atoms with Crippen molar-refractivity contribution in [2.75, 3.05) is 25.9 Å². The minimum atomic E-state index is -4.19. The number of carbonyl (C=O) groups excluding carboxylic acids is 1. The number of esters is 1. The van der Waals surface area contributed by atoms with Crippen molar-refractivity contribution in [1.82, 2.24) is 9.88 Å². The van der Waals surface area contributed by atoms with Crippen molar-refractivity contribution in [3.8, 4) is 0 Å². The van der Waals surface area contributed by atoms with Crippen LogP contribution in [0.2, 0.25) is 0 Å². The van der Waals surface area contributed by atoms with E-state index in [1.165, 1.54) is 22.9 Å². The molecule has 0 aliphatic carbocycles. The van der Waals surface area contributed by atoms with E-state index in [1.54, 1.807) is 12.1 Å². The normalized spacial score (nSPS) is 17.5. The van der Waals surface area contributed by atoms with Gasteiger partial charge in [0, 0.05) is 19.3 Å². The zero-order valence-corrected chi connectivity index (χ0v) is 12.9. The average molecular weight is 334 g/mol. The summed E-state index contributed by atoms with van der Waals surface area (Å²) >= 11 is 1.42. The molecule has 1 aliphatic heterocycles. The highest BCUT2D eigenvalue weighted by atomic mass is 32.2. The van der Waals surface area contributed by atoms with Gasteiger partial charge in [-0.1, -0.05) is 0 Å². The van der Waals surface area contributed by atoms with Crippen LogP contribution in [0.25, 0.3) is 0 Å². The van der Waals surface area contributed by atoms with Crippen LogP contribution >= 0.6 is 11.8 Å². The number of carbonyl (C=O) groups is 1. The molecule has 4 nitrogen and oxygen atoms in total. The molecule has 122 valence electrons. The molecule has 0 unspecified atom stereocenters. The van der Waals surface area contributed by atoms with Gasteiger partial charge in [0.15, 0.2) is 0 Å². The molecular formula is C14H17F3N2O2S. The average Bonchev–Trinajstić information content (AvgIpc) is 2.48. The van der Waals surface area contributed by atoms with Crippen LogP contribution in [0.1, 0.15) is 23.2 Å². The molecule has 0 amide bonds. The van der Waals surface area contributed by atoms with Crippen molar-refractivity contribution in [3.05, 3.63) is 23.9 Å². The predicted molar refractivity (Wildman–Crippen MR) is 77.0 cm³/mol. The van der Waals surface area contributed by atoms with E-state index in [4.69, 9.17) is 4.74 Å². The van der Waals surface area contributed by atoms with E-state index in [2.05, 4.69) is 4.98 Å². The lowest BCUT2D eigenvalue weighted by Gasteiger charge is -2.31. The van der Waals surface area contributed by atoms with E-state index >= 15 is 0 Å². The molecule has 1 aromatic heterocycles. The van der Waals surface area contributed by atoms with Crippen molar-refractivity contribution >= 4 is 17.7 Å². The summed E-state index contributed by atoms with van der Waals surface area (Å²) in [5.74, 6) is -0.452. The van der Waals surface area contributed by atoms with Crippen LogP contribution in [0.3, 0.4) is 0 Å². The van der Waals surface area contributed by atoms with Gasteiger partial charge in [0.2, 0.25) is 0 Å². The molecule has 0 spiro atoms. The summed E-state index contributed by atoms with van der Waals surface area (Å²) in [7, 11) is 0. The fraction of sp³-hybridized carbons (Fsp3) is 0.571. The second kappa shape index (κ2) is 7.32. The van der Waals surface area contributed by atoms with Crippen LogP contribution in [0, 0.1) is 0 Å². The second-order valence-electron chi connectivity index (χ2n) is 5.08. The molecule has 0 bridgehead atoms. The third kappa shape index (κ3) is 5.17. The molecular weight excluding hydrogens is 317 g/mol. The van der Waals surface area contributed by atoms with Gasteiger partial charge in [0.05, 0.1) is 17.1 Å². The first-order chi connectivity index (χ1) is 10.4. The van der Waals surface area contributed by atoms with Crippen LogP contribution in [0.15, 0.2) is 23.4 Å². The topological polar surface area (TPSA) is 42.4 Å². The van der Waals surface area contributed by atoms with E-state index in [-0.39, 0.29) is 19.2 Å². The summed E-state index contributed by atoms with van der Waals surface area (Å²) in [6, 6.07) is 3.21. The summed E-state index contributed by atoms with van der Waals surface area (Å²) < 4.78 is 42.3. The van der Waals surface area contributed by atoms with E-state index in [1.807, 2.05) is 6.26 Å². The van der Waals surface area contributed by atoms with E-state index in [9.17, 15) is 18.0 Å². The molecule has 1 aliphatic rings. The quantitative estimate of drug-likeness (QED) is 0.625. The maximum Gasteiger partial charge on any atom is 0.401 e. The first-order valence-corrected chi connectivity index (χ1v) is 8.10. The maximum absolute atomic E-state index is 12.3. The van der Waals surface area contributed by atoms with Crippen LogP contribution in [-0.2, 0) is 4.74 Å². The third-order valence-corrected chi connectivity index (χ3v) is 4.03. The Labute approximate surface area is 131 Å². The molecule has 1 aromatic rings. The number of pyridine rings is 1. The monoisotopic (exact) mass is 334 g/mol. The first kappa shape index (κ1) is 17.1. The maximum atomic E-state index is 12.3. The summed E-state index contributed by atoms with van der Waals surface area (Å²) in [6.45, 7) is -0.344. The molecule has 1 fully saturated rings. The van der Waals surface area contributed by atoms with E-state index < -0.39 is 18.7 Å². The molecule has 22 heavy (non-hydrogen) atoms. The van der Waals surface area contributed by atoms with Gasteiger partial charge in [0.25, 0.3) is 0 Å². The Kier molecular flexibility index (Phi) is 5.69. The van der Waals surface area contributed by atoms with Gasteiger partial charge >= 0.3 is 12.1 Å². The van der Waals surface area contributed by atoms with E-state index in [0.29, 0.717) is 18.4 Å². The third-order valence-electron chi connectivity index (χ3n) is 3.39. The Morgan fingerprint density at radius 1 is 1.45 bits per heavy atom. The van der Waals surface area contributed by atoms with Gasteiger partial charge in [-0.05, 0) is 31.2 Å². The number of hydrogen-bond donors (Lipinski definition) is 0. The lowest BCUT2D eigenvalue weighted by Crippen LogP contribution is -2.42. The Bertz CT molecular complexity index is 517. The SMILES string of the molecule is CSc1cc(C(=O)OC2CCN(CC(F)(F)F)CC2)ccn1. The fourth-order valence-electron chi connectivity index (χ4n) is 2.31. The number of hydrogen-bond acceptors (Lipinski definition) is 5. The van der Waals surface area contributed by atoms with Gasteiger partial charge in [-0.2, -0.15) is 13.2 Å². The number of ether oxygens (including phenoxy) is 1. The number of nitrogens with zero attached hydrogens (tertiary/aromatic N) is 2. The molecule has 0 aromatic carbocycles. The molecule has 0 radical (unpaired) electrons. The van der Waals surface area contributed by atoms with Gasteiger partial charge in [-0.15, -0.1) is 11.8 Å². The van der Waals surface area contributed by atoms with Crippen LogP contribution < -0.4 is 0 Å². The van der Waals surface area contributed by atoms with Crippen LogP contribution in [0.4, 0.5) is 13.2 Å². The number of halogens is 3. The molecule has 2 rings (SSSR count). The lowest BCUT2D eigenvalue weighted by atomic mass is 10.1. The lowest BCUT2D eigenvalue weighted by molar-refractivity contribution is -0.150. The molecule has 0 saturated carbocycles. The van der Waals surface area contributed by atoms with Crippen molar-refractivity contribution in [3.63, 3.8) is 0 Å². The van der Waals surface area contributed by atoms with Gasteiger partial charge < -0.3 is 4.74 Å². The minimum absolute atomic E-state index is 0.282. The summed E-state index contributed by atoms with van der Waals surface area (Å²) in [6.07, 6.45) is -0.287. The Morgan fingerprint density at radius 3 is 2.73 bits per heavy atom. The van der Waals surface area contributed by atoms with Crippen molar-refractivity contribution in [2.45, 2.75) is 30.1 Å². The van der Waals surface area contributed by atoms with Crippen molar-refractivity contribution in [1.29, 1.82) is 0 Å².